The van der Waals surface area contributed by atoms with Crippen LogP contribution in [0.3, 0.4) is 0 Å². The third-order valence-electron chi connectivity index (χ3n) is 18.7. The molecule has 14 nitrogen and oxygen atoms in total. The highest BCUT2D eigenvalue weighted by Gasteiger charge is 2.51. The van der Waals surface area contributed by atoms with E-state index in [0.717, 1.165) is 38.5 Å². The van der Waals surface area contributed by atoms with Gasteiger partial charge in [0.25, 0.3) is 0 Å². The summed E-state index contributed by atoms with van der Waals surface area (Å²) in [5.74, 6) is -0.243. The van der Waals surface area contributed by atoms with Crippen molar-refractivity contribution in [2.45, 2.75) is 415 Å². The summed E-state index contributed by atoms with van der Waals surface area (Å²) in [5.41, 5.74) is 0. The molecule has 2 fully saturated rings. The Morgan fingerprint density at radius 1 is 0.396 bits per heavy atom. The predicted molar refractivity (Wildman–Crippen MR) is 374 cm³/mol. The zero-order valence-electron chi connectivity index (χ0n) is 58.3. The van der Waals surface area contributed by atoms with Gasteiger partial charge in [-0.25, -0.2) is 0 Å². The van der Waals surface area contributed by atoms with Crippen molar-refractivity contribution in [3.8, 4) is 0 Å². The van der Waals surface area contributed by atoms with Crippen LogP contribution in [0.15, 0.2) is 48.6 Å². The molecule has 0 aliphatic carbocycles. The van der Waals surface area contributed by atoms with Gasteiger partial charge in [-0.05, 0) is 64.2 Å². The first-order chi connectivity index (χ1) is 44.6. The first kappa shape index (κ1) is 85.0. The van der Waals surface area contributed by atoms with E-state index in [-0.39, 0.29) is 18.9 Å². The highest BCUT2D eigenvalue weighted by atomic mass is 16.7. The molecule has 0 bridgehead atoms. The Bertz CT molecular complexity index is 1710. The van der Waals surface area contributed by atoms with Crippen LogP contribution in [0.5, 0.6) is 0 Å². The monoisotopic (exact) mass is 1290 g/mol. The lowest BCUT2D eigenvalue weighted by molar-refractivity contribution is -0.359. The number of amides is 1. The molecule has 0 radical (unpaired) electrons. The largest absolute Gasteiger partial charge is 0.394 e. The summed E-state index contributed by atoms with van der Waals surface area (Å²) in [6, 6.07) is -0.931. The molecule has 0 spiro atoms. The van der Waals surface area contributed by atoms with Crippen LogP contribution in [0, 0.1) is 0 Å². The Labute approximate surface area is 556 Å². The van der Waals surface area contributed by atoms with Gasteiger partial charge in [0.05, 0.1) is 32.0 Å². The molecule has 0 aromatic rings. The number of nitrogens with one attached hydrogen (secondary N) is 1. The second-order valence-corrected chi connectivity index (χ2v) is 27.1. The van der Waals surface area contributed by atoms with Crippen molar-refractivity contribution in [3.63, 3.8) is 0 Å². The molecule has 2 aliphatic heterocycles. The van der Waals surface area contributed by atoms with Crippen molar-refractivity contribution in [3.05, 3.63) is 48.6 Å². The minimum Gasteiger partial charge on any atom is -0.394 e. The van der Waals surface area contributed by atoms with E-state index >= 15 is 0 Å². The van der Waals surface area contributed by atoms with Crippen LogP contribution in [0.1, 0.15) is 341 Å². The van der Waals surface area contributed by atoms with Crippen molar-refractivity contribution in [1.82, 2.24) is 5.32 Å². The van der Waals surface area contributed by atoms with Crippen LogP contribution in [0.4, 0.5) is 0 Å². The van der Waals surface area contributed by atoms with Gasteiger partial charge < -0.3 is 65.1 Å². The van der Waals surface area contributed by atoms with Gasteiger partial charge in [0.2, 0.25) is 5.91 Å². The van der Waals surface area contributed by atoms with Gasteiger partial charge in [0, 0.05) is 6.42 Å². The number of unbranched alkanes of at least 4 members (excludes halogenated alkanes) is 45. The van der Waals surface area contributed by atoms with E-state index < -0.39 is 86.8 Å². The molecular weight excluding hydrogens is 1150 g/mol. The number of aliphatic hydroxyl groups excluding tert-OH is 8. The van der Waals surface area contributed by atoms with Gasteiger partial charge in [0.15, 0.2) is 12.6 Å². The van der Waals surface area contributed by atoms with Crippen LogP contribution in [-0.4, -0.2) is 140 Å². The lowest BCUT2D eigenvalue weighted by Crippen LogP contribution is -2.65. The van der Waals surface area contributed by atoms with Crippen molar-refractivity contribution in [1.29, 1.82) is 0 Å². The molecule has 534 valence electrons. The van der Waals surface area contributed by atoms with E-state index in [1.54, 1.807) is 6.08 Å². The van der Waals surface area contributed by atoms with E-state index in [2.05, 4.69) is 55.6 Å². The first-order valence-corrected chi connectivity index (χ1v) is 38.4. The number of rotatable bonds is 64. The Balaban J connectivity index is 1.60. The van der Waals surface area contributed by atoms with Gasteiger partial charge >= 0.3 is 0 Å². The SMILES string of the molecule is CCCCCCC/C=C\C/C=C\CCCCCCCCCCCCCCCCCCCCCCCCCCCC(=O)NC(COC1OC(CO)C(OC2OC(CO)C(O)C(O)C2O)C(O)C1O)C(O)/C=C/CC/C=C/CCCCCCCCCCCCCCCC. The smallest absolute Gasteiger partial charge is 0.220 e. The van der Waals surface area contributed by atoms with Gasteiger partial charge in [-0.1, -0.05) is 319 Å². The fraction of sp³-hybridized carbons (Fsp3) is 0.883. The van der Waals surface area contributed by atoms with Crippen LogP contribution in [0.25, 0.3) is 0 Å². The molecule has 1 amide bonds. The van der Waals surface area contributed by atoms with Crippen LogP contribution < -0.4 is 5.32 Å². The van der Waals surface area contributed by atoms with Crippen molar-refractivity contribution in [2.75, 3.05) is 19.8 Å². The molecule has 2 aliphatic rings. The zero-order chi connectivity index (χ0) is 65.9. The highest BCUT2D eigenvalue weighted by Crippen LogP contribution is 2.30. The van der Waals surface area contributed by atoms with Gasteiger partial charge in [0.1, 0.15) is 48.8 Å². The molecule has 2 rings (SSSR count). The van der Waals surface area contributed by atoms with E-state index in [9.17, 15) is 45.6 Å². The lowest BCUT2D eigenvalue weighted by Gasteiger charge is -2.46. The minimum atomic E-state index is -1.79. The maximum atomic E-state index is 13.3. The number of hydrogen-bond acceptors (Lipinski definition) is 13. The Morgan fingerprint density at radius 3 is 1.14 bits per heavy atom. The normalized spacial score (nSPS) is 23.0. The molecule has 0 aromatic heterocycles. The fourth-order valence-corrected chi connectivity index (χ4v) is 12.6. The van der Waals surface area contributed by atoms with E-state index in [0.29, 0.717) is 12.8 Å². The van der Waals surface area contributed by atoms with Crippen molar-refractivity contribution < 1.29 is 64.6 Å². The number of carbonyl (C=O) groups is 1. The Morgan fingerprint density at radius 2 is 0.736 bits per heavy atom. The standard InChI is InChI=1S/C77H143NO13/c1-3-5-7-9-11-13-15-17-19-21-23-25-26-27-28-29-30-31-32-33-34-35-36-37-38-39-40-41-43-45-47-49-51-53-55-57-59-61-69(82)78-65(66(81)60-58-56-54-52-50-48-46-44-42-24-22-20-18-16-14-12-10-8-6-4-2)64-88-76-74(87)72(85)75(68(63-80)90-76)91-77-73(86)71(84)70(83)67(62-79)89-77/h15,17,21,23,50,52,58,60,65-68,70-77,79-81,83-87H,3-14,16,18-20,22,24-49,51,53-57,59,61-64H2,1-2H3,(H,78,82)/b17-15-,23-21-,52-50+,60-58+. The van der Waals surface area contributed by atoms with Crippen LogP contribution >= 0.6 is 0 Å². The second kappa shape index (κ2) is 61.5. The summed E-state index contributed by atoms with van der Waals surface area (Å²) in [5, 5.41) is 87.5. The Hall–Kier alpha value is -2.05. The minimum absolute atomic E-state index is 0.243. The summed E-state index contributed by atoms with van der Waals surface area (Å²) >= 11 is 0. The molecule has 0 saturated carbocycles. The number of allylic oxidation sites excluding steroid dienone is 7. The molecule has 14 heteroatoms. The average molecular weight is 1290 g/mol. The summed E-state index contributed by atoms with van der Waals surface area (Å²) < 4.78 is 22.9. The first-order valence-electron chi connectivity index (χ1n) is 38.4. The molecule has 0 aromatic carbocycles. The molecule has 91 heavy (non-hydrogen) atoms. The van der Waals surface area contributed by atoms with E-state index in [1.807, 2.05) is 6.08 Å². The number of carbonyl (C=O) groups excluding carboxylic acids is 1. The van der Waals surface area contributed by atoms with Crippen molar-refractivity contribution >= 4 is 5.91 Å². The fourth-order valence-electron chi connectivity index (χ4n) is 12.6. The summed E-state index contributed by atoms with van der Waals surface area (Å²) in [4.78, 5) is 13.3. The van der Waals surface area contributed by atoms with E-state index in [4.69, 9.17) is 18.9 Å². The third kappa shape index (κ3) is 45.2. The quantitative estimate of drug-likeness (QED) is 0.0204. The maximum absolute atomic E-state index is 13.3. The molecule has 2 heterocycles. The lowest BCUT2D eigenvalue weighted by atomic mass is 9.97. The topological polar surface area (TPSA) is 228 Å². The average Bonchev–Trinajstić information content (AvgIpc) is 1.04. The number of ether oxygens (including phenoxy) is 4. The maximum Gasteiger partial charge on any atom is 0.220 e. The predicted octanol–water partition coefficient (Wildman–Crippen LogP) is 16.6. The third-order valence-corrected chi connectivity index (χ3v) is 18.7. The summed E-state index contributed by atoms with van der Waals surface area (Å²) in [6.45, 7) is 2.82. The van der Waals surface area contributed by atoms with E-state index in [1.165, 1.54) is 270 Å². The number of hydrogen-bond donors (Lipinski definition) is 9. The summed E-state index contributed by atoms with van der Waals surface area (Å²) in [7, 11) is 0. The van der Waals surface area contributed by atoms with Gasteiger partial charge in [-0.2, -0.15) is 0 Å². The van der Waals surface area contributed by atoms with Gasteiger partial charge in [-0.15, -0.1) is 0 Å². The summed E-state index contributed by atoms with van der Waals surface area (Å²) in [6.07, 6.45) is 64.8. The van der Waals surface area contributed by atoms with Crippen molar-refractivity contribution in [2.24, 2.45) is 0 Å². The number of aliphatic hydroxyl groups is 8. The van der Waals surface area contributed by atoms with Gasteiger partial charge in [-0.3, -0.25) is 4.79 Å². The molecule has 9 N–H and O–H groups in total. The van der Waals surface area contributed by atoms with Crippen LogP contribution in [0.2, 0.25) is 0 Å². The molecular formula is C77H143NO13. The van der Waals surface area contributed by atoms with Crippen LogP contribution in [-0.2, 0) is 23.7 Å². The second-order valence-electron chi connectivity index (χ2n) is 27.1. The molecule has 12 atom stereocenters. The molecule has 12 unspecified atom stereocenters. The Kier molecular flexibility index (Phi) is 57.5. The highest BCUT2D eigenvalue weighted by molar-refractivity contribution is 5.76. The zero-order valence-corrected chi connectivity index (χ0v) is 58.3. The molecule has 2 saturated heterocycles.